The Hall–Kier alpha value is -3.04. The third-order valence-corrected chi connectivity index (χ3v) is 5.96. The summed E-state index contributed by atoms with van der Waals surface area (Å²) in [6, 6.07) is 11.7. The van der Waals surface area contributed by atoms with Gasteiger partial charge in [-0.25, -0.2) is 4.39 Å². The molecule has 8 nitrogen and oxygen atoms in total. The number of hydrogen-bond donors (Lipinski definition) is 2. The van der Waals surface area contributed by atoms with Gasteiger partial charge < -0.3 is 29.4 Å². The maximum Gasteiger partial charge on any atom is 0.223 e. The number of benzene rings is 2. The molecule has 1 fully saturated rings. The first kappa shape index (κ1) is 24.1. The monoisotopic (exact) mass is 474 g/mol. The number of carbonyl (C=O) groups is 1. The lowest BCUT2D eigenvalue weighted by atomic mass is 10.0. The minimum absolute atomic E-state index is 0.113. The molecule has 1 amide bonds. The number of aliphatic hydroxyl groups is 1. The van der Waals surface area contributed by atoms with E-state index in [2.05, 4.69) is 5.32 Å². The predicted octanol–water partition coefficient (Wildman–Crippen LogP) is 2.50. The number of ether oxygens (including phenoxy) is 4. The summed E-state index contributed by atoms with van der Waals surface area (Å²) in [6.07, 6.45) is -1.32. The first-order chi connectivity index (χ1) is 16.5. The molecule has 0 bridgehead atoms. The van der Waals surface area contributed by atoms with E-state index in [1.54, 1.807) is 49.6 Å². The van der Waals surface area contributed by atoms with E-state index in [9.17, 15) is 14.3 Å². The molecule has 0 spiro atoms. The summed E-state index contributed by atoms with van der Waals surface area (Å²) in [4.78, 5) is 14.6. The topological polar surface area (TPSA) is 89.5 Å². The summed E-state index contributed by atoms with van der Waals surface area (Å²) >= 11 is 0. The molecule has 2 N–H and O–H groups in total. The minimum Gasteiger partial charge on any atom is -0.497 e. The first-order valence-electron chi connectivity index (χ1n) is 11.5. The Morgan fingerprint density at radius 2 is 1.91 bits per heavy atom. The molecule has 2 aromatic rings. The third kappa shape index (κ3) is 6.30. The van der Waals surface area contributed by atoms with Crippen LogP contribution in [-0.2, 0) is 4.79 Å². The highest BCUT2D eigenvalue weighted by atomic mass is 19.1. The van der Waals surface area contributed by atoms with Gasteiger partial charge in [-0.05, 0) is 48.4 Å². The molecule has 0 aliphatic carbocycles. The number of rotatable bonds is 10. The van der Waals surface area contributed by atoms with Gasteiger partial charge in [0.1, 0.15) is 37.0 Å². The Morgan fingerprint density at radius 3 is 2.62 bits per heavy atom. The normalized spacial score (nSPS) is 19.3. The van der Waals surface area contributed by atoms with E-state index in [1.807, 2.05) is 4.90 Å². The number of amides is 1. The lowest BCUT2D eigenvalue weighted by molar-refractivity contribution is -0.123. The molecule has 0 radical (unpaired) electrons. The van der Waals surface area contributed by atoms with Crippen molar-refractivity contribution < 1.29 is 33.2 Å². The van der Waals surface area contributed by atoms with E-state index in [0.29, 0.717) is 62.1 Å². The Kier molecular flexibility index (Phi) is 8.08. The van der Waals surface area contributed by atoms with Gasteiger partial charge in [-0.2, -0.15) is 0 Å². The second-order valence-electron chi connectivity index (χ2n) is 8.44. The van der Waals surface area contributed by atoms with Crippen LogP contribution in [0.15, 0.2) is 42.5 Å². The van der Waals surface area contributed by atoms with Gasteiger partial charge >= 0.3 is 0 Å². The zero-order valence-corrected chi connectivity index (χ0v) is 19.2. The van der Waals surface area contributed by atoms with Crippen molar-refractivity contribution in [3.63, 3.8) is 0 Å². The lowest BCUT2D eigenvalue weighted by Gasteiger charge is -2.29. The summed E-state index contributed by atoms with van der Waals surface area (Å²) in [6.45, 7) is 2.31. The fourth-order valence-corrected chi connectivity index (χ4v) is 4.14. The largest absolute Gasteiger partial charge is 0.497 e. The number of nitrogens with one attached hydrogen (secondary N) is 1. The van der Waals surface area contributed by atoms with Crippen LogP contribution in [0.4, 0.5) is 4.39 Å². The van der Waals surface area contributed by atoms with E-state index in [1.165, 1.54) is 0 Å². The fourth-order valence-electron chi connectivity index (χ4n) is 4.14. The molecular weight excluding hydrogens is 443 g/mol. The number of halogens is 1. The van der Waals surface area contributed by atoms with Gasteiger partial charge in [0.15, 0.2) is 11.5 Å². The number of methoxy groups -OCH3 is 1. The Balaban J connectivity index is 1.37. The number of aliphatic hydroxyl groups excluding tert-OH is 1. The summed E-state index contributed by atoms with van der Waals surface area (Å²) in [5.41, 5.74) is 0.597. The molecule has 0 saturated carbocycles. The van der Waals surface area contributed by atoms with Crippen LogP contribution in [0.2, 0.25) is 0 Å². The highest BCUT2D eigenvalue weighted by Crippen LogP contribution is 2.33. The van der Waals surface area contributed by atoms with E-state index in [0.717, 1.165) is 5.75 Å². The van der Waals surface area contributed by atoms with Crippen molar-refractivity contribution in [1.82, 2.24) is 10.2 Å². The minimum atomic E-state index is -0.999. The standard InChI is InChI=1S/C25H31FN2O6/c1-31-19-3-5-20(6-4-19)32-11-9-24(29)27-21(16-28-10-8-18(26)15-28)25(30)17-2-7-22-23(14-17)34-13-12-33-22/h2-7,14,18,21,25,30H,8-13,15-16H2,1H3,(H,27,29)/t18?,21-,25?/m1/s1. The summed E-state index contributed by atoms with van der Waals surface area (Å²) in [7, 11) is 1.59. The van der Waals surface area contributed by atoms with Gasteiger partial charge in [0.05, 0.1) is 26.2 Å². The van der Waals surface area contributed by atoms with Crippen molar-refractivity contribution in [2.24, 2.45) is 0 Å². The molecule has 2 heterocycles. The Labute approximate surface area is 198 Å². The van der Waals surface area contributed by atoms with E-state index >= 15 is 0 Å². The van der Waals surface area contributed by atoms with Crippen LogP contribution >= 0.6 is 0 Å². The number of carbonyl (C=O) groups excluding carboxylic acids is 1. The van der Waals surface area contributed by atoms with Crippen LogP contribution in [0.25, 0.3) is 0 Å². The van der Waals surface area contributed by atoms with Crippen molar-refractivity contribution in [3.8, 4) is 23.0 Å². The summed E-state index contributed by atoms with van der Waals surface area (Å²) < 4.78 is 35.7. The number of nitrogens with zero attached hydrogens (tertiary/aromatic N) is 1. The van der Waals surface area contributed by atoms with Gasteiger partial charge in [-0.3, -0.25) is 9.69 Å². The van der Waals surface area contributed by atoms with E-state index in [4.69, 9.17) is 18.9 Å². The Bertz CT molecular complexity index is 957. The van der Waals surface area contributed by atoms with Crippen LogP contribution in [0, 0.1) is 0 Å². The maximum atomic E-state index is 13.7. The van der Waals surface area contributed by atoms with Crippen LogP contribution in [0.1, 0.15) is 24.5 Å². The number of fused-ring (bicyclic) bond motifs is 1. The number of hydrogen-bond acceptors (Lipinski definition) is 7. The third-order valence-electron chi connectivity index (χ3n) is 5.96. The van der Waals surface area contributed by atoms with Gasteiger partial charge in [-0.1, -0.05) is 6.07 Å². The van der Waals surface area contributed by atoms with E-state index in [-0.39, 0.29) is 18.9 Å². The average Bonchev–Trinajstić information content (AvgIpc) is 3.27. The van der Waals surface area contributed by atoms with Crippen molar-refractivity contribution in [3.05, 3.63) is 48.0 Å². The van der Waals surface area contributed by atoms with E-state index < -0.39 is 18.3 Å². The molecule has 2 aliphatic rings. The molecule has 2 aliphatic heterocycles. The SMILES string of the molecule is COc1ccc(OCCC(=O)N[C@H](CN2CCC(F)C2)C(O)c2ccc3c(c2)OCCO3)cc1. The predicted molar refractivity (Wildman–Crippen MR) is 123 cm³/mol. The average molecular weight is 475 g/mol. The van der Waals surface area contributed by atoms with Gasteiger partial charge in [0, 0.05) is 19.6 Å². The van der Waals surface area contributed by atoms with Crippen molar-refractivity contribution in [2.45, 2.75) is 31.2 Å². The second-order valence-corrected chi connectivity index (χ2v) is 8.44. The molecule has 1 saturated heterocycles. The number of alkyl halides is 1. The molecular formula is C25H31FN2O6. The zero-order valence-electron chi connectivity index (χ0n) is 19.2. The second kappa shape index (κ2) is 11.4. The lowest BCUT2D eigenvalue weighted by Crippen LogP contribution is -2.47. The van der Waals surface area contributed by atoms with Crippen LogP contribution < -0.4 is 24.3 Å². The van der Waals surface area contributed by atoms with Crippen LogP contribution in [0.3, 0.4) is 0 Å². The molecule has 184 valence electrons. The first-order valence-corrected chi connectivity index (χ1v) is 11.5. The van der Waals surface area contributed by atoms with Crippen LogP contribution in [-0.4, -0.2) is 74.7 Å². The summed E-state index contributed by atoms with van der Waals surface area (Å²) in [5, 5.41) is 14.1. The molecule has 3 atom stereocenters. The Morgan fingerprint density at radius 1 is 1.18 bits per heavy atom. The molecule has 2 unspecified atom stereocenters. The zero-order chi connectivity index (χ0) is 23.9. The van der Waals surface area contributed by atoms with Crippen molar-refractivity contribution >= 4 is 5.91 Å². The van der Waals surface area contributed by atoms with Crippen molar-refractivity contribution in [2.75, 3.05) is 46.6 Å². The highest BCUT2D eigenvalue weighted by Gasteiger charge is 2.30. The molecule has 2 aromatic carbocycles. The smallest absolute Gasteiger partial charge is 0.223 e. The quantitative estimate of drug-likeness (QED) is 0.547. The van der Waals surface area contributed by atoms with Gasteiger partial charge in [-0.15, -0.1) is 0 Å². The fraction of sp³-hybridized carbons (Fsp3) is 0.480. The number of likely N-dealkylation sites (tertiary alicyclic amines) is 1. The maximum absolute atomic E-state index is 13.7. The van der Waals surface area contributed by atoms with Gasteiger partial charge in [0.25, 0.3) is 0 Å². The van der Waals surface area contributed by atoms with Crippen LogP contribution in [0.5, 0.6) is 23.0 Å². The molecule has 0 aromatic heterocycles. The summed E-state index contributed by atoms with van der Waals surface area (Å²) in [5.74, 6) is 2.28. The molecule has 9 heteroatoms. The highest BCUT2D eigenvalue weighted by molar-refractivity contribution is 5.76. The van der Waals surface area contributed by atoms with Gasteiger partial charge in [0.2, 0.25) is 5.91 Å². The molecule has 4 rings (SSSR count). The molecule has 34 heavy (non-hydrogen) atoms. The van der Waals surface area contributed by atoms with Crippen molar-refractivity contribution in [1.29, 1.82) is 0 Å².